The van der Waals surface area contributed by atoms with E-state index in [9.17, 15) is 4.79 Å². The Balaban J connectivity index is 2.00. The Bertz CT molecular complexity index is 494. The monoisotopic (exact) mass is 305 g/mol. The minimum Gasteiger partial charge on any atom is -0.373 e. The van der Waals surface area contributed by atoms with Crippen LogP contribution in [-0.4, -0.2) is 42.1 Å². The quantitative estimate of drug-likeness (QED) is 0.859. The first-order chi connectivity index (χ1) is 10.5. The number of amides is 1. The zero-order valence-corrected chi connectivity index (χ0v) is 13.7. The van der Waals surface area contributed by atoms with E-state index >= 15 is 0 Å². The molecule has 0 saturated carbocycles. The third kappa shape index (κ3) is 4.80. The van der Waals surface area contributed by atoms with Crippen LogP contribution in [0.3, 0.4) is 0 Å². The van der Waals surface area contributed by atoms with Gasteiger partial charge in [0.25, 0.3) is 0 Å². The molecular formula is C17H27N3O2. The normalized spacial score (nSPS) is 24.0. The number of morpholine rings is 1. The van der Waals surface area contributed by atoms with Crippen molar-refractivity contribution in [1.29, 1.82) is 0 Å². The van der Waals surface area contributed by atoms with Crippen molar-refractivity contribution in [1.82, 2.24) is 10.2 Å². The fraction of sp³-hybridized carbons (Fsp3) is 0.588. The van der Waals surface area contributed by atoms with Crippen LogP contribution in [0.1, 0.15) is 31.9 Å². The zero-order valence-electron chi connectivity index (χ0n) is 13.7. The molecule has 22 heavy (non-hydrogen) atoms. The summed E-state index contributed by atoms with van der Waals surface area (Å²) in [5, 5.41) is 2.89. The average molecular weight is 305 g/mol. The van der Waals surface area contributed by atoms with Crippen LogP contribution in [0, 0.1) is 0 Å². The first-order valence-corrected chi connectivity index (χ1v) is 7.93. The standard InChI is InChI=1S/C17H27N3O2/c1-12-9-20(10-13(2)22-12)11-16-7-5-4-6-15(16)8-19-17(21)14(3)18/h4-7,12-14H,8-11,18H2,1-3H3,(H,19,21)/t12?,13?,14-/m1/s1. The van der Waals surface area contributed by atoms with Crippen LogP contribution in [0.15, 0.2) is 24.3 Å². The van der Waals surface area contributed by atoms with E-state index in [1.165, 1.54) is 5.56 Å². The molecule has 0 aliphatic carbocycles. The lowest BCUT2D eigenvalue weighted by Gasteiger charge is -2.35. The van der Waals surface area contributed by atoms with Crippen LogP contribution < -0.4 is 11.1 Å². The molecule has 1 aliphatic heterocycles. The highest BCUT2D eigenvalue weighted by Gasteiger charge is 2.22. The summed E-state index contributed by atoms with van der Waals surface area (Å²) in [6.45, 7) is 9.18. The maximum absolute atomic E-state index is 11.6. The number of nitrogens with one attached hydrogen (secondary N) is 1. The molecule has 2 unspecified atom stereocenters. The molecule has 0 radical (unpaired) electrons. The third-order valence-electron chi connectivity index (χ3n) is 3.87. The number of nitrogens with two attached hydrogens (primary N) is 1. The summed E-state index contributed by atoms with van der Waals surface area (Å²) in [5.74, 6) is -0.122. The van der Waals surface area contributed by atoms with Gasteiger partial charge in [0.05, 0.1) is 18.2 Å². The lowest BCUT2D eigenvalue weighted by atomic mass is 10.1. The van der Waals surface area contributed by atoms with E-state index in [-0.39, 0.29) is 18.1 Å². The van der Waals surface area contributed by atoms with Gasteiger partial charge in [-0.05, 0) is 31.9 Å². The van der Waals surface area contributed by atoms with Gasteiger partial charge in [-0.15, -0.1) is 0 Å². The van der Waals surface area contributed by atoms with Crippen molar-refractivity contribution < 1.29 is 9.53 Å². The van der Waals surface area contributed by atoms with E-state index in [1.807, 2.05) is 12.1 Å². The smallest absolute Gasteiger partial charge is 0.236 e. The Kier molecular flexibility index (Phi) is 5.94. The fourth-order valence-electron chi connectivity index (χ4n) is 2.88. The van der Waals surface area contributed by atoms with Gasteiger partial charge in [-0.3, -0.25) is 9.69 Å². The van der Waals surface area contributed by atoms with Crippen LogP contribution in [0.5, 0.6) is 0 Å². The molecule has 1 aliphatic rings. The van der Waals surface area contributed by atoms with Gasteiger partial charge in [0.2, 0.25) is 5.91 Å². The Morgan fingerprint density at radius 1 is 1.32 bits per heavy atom. The molecule has 1 amide bonds. The summed E-state index contributed by atoms with van der Waals surface area (Å²) in [5.41, 5.74) is 7.97. The van der Waals surface area contributed by atoms with Crippen LogP contribution >= 0.6 is 0 Å². The number of carbonyl (C=O) groups is 1. The predicted molar refractivity (Wildman–Crippen MR) is 87.2 cm³/mol. The molecule has 122 valence electrons. The molecular weight excluding hydrogens is 278 g/mol. The first kappa shape index (κ1) is 16.9. The summed E-state index contributed by atoms with van der Waals surface area (Å²) >= 11 is 0. The lowest BCUT2D eigenvalue weighted by Crippen LogP contribution is -2.45. The summed E-state index contributed by atoms with van der Waals surface area (Å²) < 4.78 is 5.78. The van der Waals surface area contributed by atoms with E-state index in [2.05, 4.69) is 36.2 Å². The molecule has 1 saturated heterocycles. The molecule has 0 spiro atoms. The van der Waals surface area contributed by atoms with Crippen molar-refractivity contribution in [2.75, 3.05) is 13.1 Å². The highest BCUT2D eigenvalue weighted by molar-refractivity contribution is 5.80. The molecule has 1 aromatic carbocycles. The fourth-order valence-corrected chi connectivity index (χ4v) is 2.88. The Hall–Kier alpha value is -1.43. The first-order valence-electron chi connectivity index (χ1n) is 7.93. The Morgan fingerprint density at radius 2 is 1.91 bits per heavy atom. The van der Waals surface area contributed by atoms with Crippen molar-refractivity contribution in [3.63, 3.8) is 0 Å². The van der Waals surface area contributed by atoms with Crippen LogP contribution in [0.25, 0.3) is 0 Å². The molecule has 1 heterocycles. The van der Waals surface area contributed by atoms with Gasteiger partial charge in [0, 0.05) is 26.2 Å². The molecule has 1 fully saturated rings. The molecule has 0 bridgehead atoms. The van der Waals surface area contributed by atoms with E-state index in [1.54, 1.807) is 6.92 Å². The van der Waals surface area contributed by atoms with E-state index in [0.29, 0.717) is 6.54 Å². The summed E-state index contributed by atoms with van der Waals surface area (Å²) in [7, 11) is 0. The maximum Gasteiger partial charge on any atom is 0.236 e. The number of hydrogen-bond donors (Lipinski definition) is 2. The molecule has 3 N–H and O–H groups in total. The summed E-state index contributed by atoms with van der Waals surface area (Å²) in [6, 6.07) is 7.75. The maximum atomic E-state index is 11.6. The third-order valence-corrected chi connectivity index (χ3v) is 3.87. The number of benzene rings is 1. The topological polar surface area (TPSA) is 67.6 Å². The molecule has 5 heteroatoms. The minimum absolute atomic E-state index is 0.122. The van der Waals surface area contributed by atoms with Crippen molar-refractivity contribution in [2.24, 2.45) is 5.73 Å². The Morgan fingerprint density at radius 3 is 2.50 bits per heavy atom. The largest absolute Gasteiger partial charge is 0.373 e. The highest BCUT2D eigenvalue weighted by Crippen LogP contribution is 2.17. The van der Waals surface area contributed by atoms with Crippen LogP contribution in [-0.2, 0) is 22.6 Å². The number of rotatable bonds is 5. The second-order valence-corrected chi connectivity index (χ2v) is 6.23. The van der Waals surface area contributed by atoms with Crippen molar-refractivity contribution >= 4 is 5.91 Å². The van der Waals surface area contributed by atoms with E-state index in [4.69, 9.17) is 10.5 Å². The Labute approximate surface area is 132 Å². The summed E-state index contributed by atoms with van der Waals surface area (Å²) in [4.78, 5) is 14.0. The van der Waals surface area contributed by atoms with Gasteiger partial charge in [-0.2, -0.15) is 0 Å². The zero-order chi connectivity index (χ0) is 16.1. The highest BCUT2D eigenvalue weighted by atomic mass is 16.5. The molecule has 0 aromatic heterocycles. The second kappa shape index (κ2) is 7.72. The van der Waals surface area contributed by atoms with Crippen molar-refractivity contribution in [3.8, 4) is 0 Å². The minimum atomic E-state index is -0.479. The number of carbonyl (C=O) groups excluding carboxylic acids is 1. The molecule has 1 aromatic rings. The average Bonchev–Trinajstić information content (AvgIpc) is 2.44. The van der Waals surface area contributed by atoms with Gasteiger partial charge in [0.1, 0.15) is 0 Å². The van der Waals surface area contributed by atoms with Gasteiger partial charge >= 0.3 is 0 Å². The predicted octanol–water partition coefficient (Wildman–Crippen LogP) is 1.26. The number of ether oxygens (including phenoxy) is 1. The molecule has 2 rings (SSSR count). The van der Waals surface area contributed by atoms with Crippen molar-refractivity contribution in [3.05, 3.63) is 35.4 Å². The number of nitrogens with zero attached hydrogens (tertiary/aromatic N) is 1. The molecule has 5 nitrogen and oxygen atoms in total. The van der Waals surface area contributed by atoms with Gasteiger partial charge in [-0.25, -0.2) is 0 Å². The van der Waals surface area contributed by atoms with E-state index < -0.39 is 6.04 Å². The van der Waals surface area contributed by atoms with Gasteiger partial charge in [-0.1, -0.05) is 24.3 Å². The number of hydrogen-bond acceptors (Lipinski definition) is 4. The van der Waals surface area contributed by atoms with Crippen LogP contribution in [0.4, 0.5) is 0 Å². The lowest BCUT2D eigenvalue weighted by molar-refractivity contribution is -0.122. The van der Waals surface area contributed by atoms with E-state index in [0.717, 1.165) is 25.2 Å². The molecule has 3 atom stereocenters. The summed E-state index contributed by atoms with van der Waals surface area (Å²) in [6.07, 6.45) is 0.516. The van der Waals surface area contributed by atoms with Crippen molar-refractivity contribution in [2.45, 2.75) is 52.1 Å². The second-order valence-electron chi connectivity index (χ2n) is 6.23. The van der Waals surface area contributed by atoms with Gasteiger partial charge in [0.15, 0.2) is 0 Å². The van der Waals surface area contributed by atoms with Crippen LogP contribution in [0.2, 0.25) is 0 Å². The van der Waals surface area contributed by atoms with Gasteiger partial charge < -0.3 is 15.8 Å². The SMILES string of the molecule is CC1CN(Cc2ccccc2CNC(=O)[C@@H](C)N)CC(C)O1.